The molecule has 0 amide bonds. The molecule has 0 bridgehead atoms. The quantitative estimate of drug-likeness (QED) is 0.884. The second-order valence-electron chi connectivity index (χ2n) is 3.59. The highest BCUT2D eigenvalue weighted by molar-refractivity contribution is 5.44. The lowest BCUT2D eigenvalue weighted by molar-refractivity contribution is -0.142. The van der Waals surface area contributed by atoms with Gasteiger partial charge in [0.05, 0.1) is 6.61 Å². The molecule has 8 heteroatoms. The lowest BCUT2D eigenvalue weighted by Gasteiger charge is -2.11. The number of imidazole rings is 1. The topological polar surface area (TPSA) is 63.8 Å². The molecule has 0 aromatic carbocycles. The largest absolute Gasteiger partial charge is 0.433 e. The van der Waals surface area contributed by atoms with Crippen molar-refractivity contribution in [2.75, 3.05) is 0 Å². The molecule has 1 N–H and O–H groups in total. The zero-order chi connectivity index (χ0) is 13.3. The summed E-state index contributed by atoms with van der Waals surface area (Å²) in [6, 6.07) is 0. The third-order valence-electron chi connectivity index (χ3n) is 2.32. The van der Waals surface area contributed by atoms with Crippen LogP contribution in [0.5, 0.6) is 0 Å². The predicted molar refractivity (Wildman–Crippen MR) is 55.2 cm³/mol. The number of aliphatic hydroxyl groups is 1. The van der Waals surface area contributed by atoms with Gasteiger partial charge in [-0.3, -0.25) is 0 Å². The summed E-state index contributed by atoms with van der Waals surface area (Å²) in [5, 5.41) is 8.86. The Morgan fingerprint density at radius 2 is 2.06 bits per heavy atom. The number of hydrogen-bond acceptors (Lipinski definition) is 4. The molecule has 0 aliphatic heterocycles. The van der Waals surface area contributed by atoms with Gasteiger partial charge in [-0.1, -0.05) is 0 Å². The highest BCUT2D eigenvalue weighted by Crippen LogP contribution is 2.31. The summed E-state index contributed by atoms with van der Waals surface area (Å²) < 4.78 is 39.7. The molecular formula is C10H9F3N4O. The Bertz CT molecular complexity index is 564. The van der Waals surface area contributed by atoms with Crippen LogP contribution in [-0.4, -0.2) is 24.6 Å². The van der Waals surface area contributed by atoms with E-state index in [1.54, 1.807) is 13.2 Å². The van der Waals surface area contributed by atoms with E-state index in [2.05, 4.69) is 15.0 Å². The van der Waals surface area contributed by atoms with E-state index in [1.165, 1.54) is 10.8 Å². The van der Waals surface area contributed by atoms with E-state index in [-0.39, 0.29) is 17.2 Å². The summed E-state index contributed by atoms with van der Waals surface area (Å²) in [5.74, 6) is 0.0945. The van der Waals surface area contributed by atoms with Crippen LogP contribution < -0.4 is 0 Å². The average molecular weight is 258 g/mol. The van der Waals surface area contributed by atoms with Gasteiger partial charge in [0.25, 0.3) is 0 Å². The molecule has 0 aliphatic carbocycles. The third-order valence-corrected chi connectivity index (χ3v) is 2.32. The molecule has 0 unspecified atom stereocenters. The van der Waals surface area contributed by atoms with Crippen LogP contribution in [0.3, 0.4) is 0 Å². The Morgan fingerprint density at radius 3 is 2.56 bits per heavy atom. The highest BCUT2D eigenvalue weighted by Gasteiger charge is 2.36. The van der Waals surface area contributed by atoms with Crippen molar-refractivity contribution in [2.24, 2.45) is 7.05 Å². The molecule has 2 aromatic heterocycles. The third kappa shape index (κ3) is 2.19. The van der Waals surface area contributed by atoms with Crippen LogP contribution in [-0.2, 0) is 19.8 Å². The van der Waals surface area contributed by atoms with E-state index >= 15 is 0 Å². The highest BCUT2D eigenvalue weighted by atomic mass is 19.4. The van der Waals surface area contributed by atoms with Crippen molar-refractivity contribution >= 4 is 0 Å². The summed E-state index contributed by atoms with van der Waals surface area (Å²) in [6.45, 7) is -0.768. The van der Waals surface area contributed by atoms with Crippen molar-refractivity contribution in [3.05, 3.63) is 29.8 Å². The number of alkyl halides is 3. The van der Waals surface area contributed by atoms with Gasteiger partial charge < -0.3 is 9.67 Å². The van der Waals surface area contributed by atoms with Gasteiger partial charge in [-0.05, 0) is 0 Å². The Hall–Kier alpha value is -1.96. The number of aromatic nitrogens is 4. The number of rotatable bonds is 2. The normalized spacial score (nSPS) is 11.8. The fourth-order valence-electron chi connectivity index (χ4n) is 1.46. The maximum atomic E-state index is 12.7. The van der Waals surface area contributed by atoms with Gasteiger partial charge in [0.2, 0.25) is 0 Å². The van der Waals surface area contributed by atoms with E-state index in [1.807, 2.05) is 0 Å². The number of nitrogens with zero attached hydrogens (tertiary/aromatic N) is 4. The monoisotopic (exact) mass is 258 g/mol. The maximum Gasteiger partial charge on any atom is 0.433 e. The van der Waals surface area contributed by atoms with E-state index < -0.39 is 18.5 Å². The van der Waals surface area contributed by atoms with Gasteiger partial charge in [0, 0.05) is 31.2 Å². The van der Waals surface area contributed by atoms with E-state index in [4.69, 9.17) is 5.11 Å². The number of halogens is 3. The first-order valence-electron chi connectivity index (χ1n) is 4.95. The zero-order valence-electron chi connectivity index (χ0n) is 9.31. The molecule has 96 valence electrons. The lowest BCUT2D eigenvalue weighted by Crippen LogP contribution is -2.14. The molecule has 2 aromatic rings. The summed E-state index contributed by atoms with van der Waals surface area (Å²) >= 11 is 0. The fourth-order valence-corrected chi connectivity index (χ4v) is 1.46. The van der Waals surface area contributed by atoms with Crippen LogP contribution in [0.4, 0.5) is 13.2 Å². The maximum absolute atomic E-state index is 12.7. The molecule has 0 atom stereocenters. The molecule has 2 rings (SSSR count). The van der Waals surface area contributed by atoms with E-state index in [0.717, 1.165) is 6.20 Å². The summed E-state index contributed by atoms with van der Waals surface area (Å²) in [7, 11) is 1.62. The van der Waals surface area contributed by atoms with Gasteiger partial charge in [-0.15, -0.1) is 0 Å². The Kier molecular flexibility index (Phi) is 3.04. The molecule has 0 saturated heterocycles. The van der Waals surface area contributed by atoms with Gasteiger partial charge in [-0.25, -0.2) is 15.0 Å². The first-order chi connectivity index (χ1) is 8.43. The standard InChI is InChI=1S/C10H9F3N4O/c1-17-3-2-14-9(17)8-15-4-6(5-18)7(16-8)10(11,12)13/h2-4,18H,5H2,1H3. The van der Waals surface area contributed by atoms with Crippen molar-refractivity contribution in [1.29, 1.82) is 0 Å². The molecule has 0 aliphatic rings. The van der Waals surface area contributed by atoms with Crippen molar-refractivity contribution in [3.8, 4) is 11.6 Å². The molecule has 0 fully saturated rings. The minimum Gasteiger partial charge on any atom is -0.392 e. The Balaban J connectivity index is 2.57. The van der Waals surface area contributed by atoms with Crippen molar-refractivity contribution in [3.63, 3.8) is 0 Å². The molecule has 18 heavy (non-hydrogen) atoms. The number of aryl methyl sites for hydroxylation is 1. The second kappa shape index (κ2) is 4.37. The van der Waals surface area contributed by atoms with Crippen LogP contribution in [0.1, 0.15) is 11.3 Å². The second-order valence-corrected chi connectivity index (χ2v) is 3.59. The average Bonchev–Trinajstić information content (AvgIpc) is 2.73. The predicted octanol–water partition coefficient (Wildman–Crippen LogP) is 1.39. The molecule has 5 nitrogen and oxygen atoms in total. The van der Waals surface area contributed by atoms with Crippen molar-refractivity contribution in [2.45, 2.75) is 12.8 Å². The van der Waals surface area contributed by atoms with E-state index in [9.17, 15) is 13.2 Å². The zero-order valence-corrected chi connectivity index (χ0v) is 9.31. The first-order valence-corrected chi connectivity index (χ1v) is 4.95. The van der Waals surface area contributed by atoms with Crippen molar-refractivity contribution in [1.82, 2.24) is 19.5 Å². The molecule has 0 saturated carbocycles. The number of hydrogen-bond donors (Lipinski definition) is 1. The SMILES string of the molecule is Cn1ccnc1-c1ncc(CO)c(C(F)(F)F)n1. The minimum absolute atomic E-state index is 0.132. The van der Waals surface area contributed by atoms with Crippen molar-refractivity contribution < 1.29 is 18.3 Å². The Labute approximate surface area is 100.0 Å². The summed E-state index contributed by atoms with van der Waals surface area (Å²) in [6.07, 6.45) is -0.668. The fraction of sp³-hybridized carbons (Fsp3) is 0.300. The van der Waals surface area contributed by atoms with E-state index in [0.29, 0.717) is 0 Å². The van der Waals surface area contributed by atoms with Crippen LogP contribution in [0.15, 0.2) is 18.6 Å². The minimum atomic E-state index is -4.64. The molecule has 2 heterocycles. The van der Waals surface area contributed by atoms with Gasteiger partial charge in [0.15, 0.2) is 17.3 Å². The van der Waals surface area contributed by atoms with Crippen LogP contribution in [0.25, 0.3) is 11.6 Å². The summed E-state index contributed by atoms with van der Waals surface area (Å²) in [4.78, 5) is 11.1. The lowest BCUT2D eigenvalue weighted by atomic mass is 10.2. The summed E-state index contributed by atoms with van der Waals surface area (Å²) in [5.41, 5.74) is -1.50. The van der Waals surface area contributed by atoms with Crippen LogP contribution in [0, 0.1) is 0 Å². The first kappa shape index (κ1) is 12.5. The number of aliphatic hydroxyl groups excluding tert-OH is 1. The smallest absolute Gasteiger partial charge is 0.392 e. The van der Waals surface area contributed by atoms with Crippen LogP contribution in [0.2, 0.25) is 0 Å². The molecule has 0 radical (unpaired) electrons. The molecular weight excluding hydrogens is 249 g/mol. The van der Waals surface area contributed by atoms with Gasteiger partial charge >= 0.3 is 6.18 Å². The van der Waals surface area contributed by atoms with Gasteiger partial charge in [-0.2, -0.15) is 13.2 Å². The van der Waals surface area contributed by atoms with Gasteiger partial charge in [0.1, 0.15) is 0 Å². The Morgan fingerprint density at radius 1 is 1.33 bits per heavy atom. The molecule has 0 spiro atoms. The van der Waals surface area contributed by atoms with Crippen LogP contribution >= 0.6 is 0 Å².